The first kappa shape index (κ1) is 17.6. The molecule has 0 spiro atoms. The zero-order valence-electron chi connectivity index (χ0n) is 15.0. The van der Waals surface area contributed by atoms with Gasteiger partial charge in [0.2, 0.25) is 0 Å². The van der Waals surface area contributed by atoms with Crippen molar-refractivity contribution in [1.82, 2.24) is 9.88 Å². The summed E-state index contributed by atoms with van der Waals surface area (Å²) >= 11 is 0. The van der Waals surface area contributed by atoms with Gasteiger partial charge < -0.3 is 9.64 Å². The Bertz CT molecular complexity index is 786. The van der Waals surface area contributed by atoms with Gasteiger partial charge in [0.15, 0.2) is 0 Å². The molecule has 1 fully saturated rings. The quantitative estimate of drug-likeness (QED) is 0.797. The fourth-order valence-electron chi connectivity index (χ4n) is 3.28. The Labute approximate surface area is 147 Å². The molecule has 0 radical (unpaired) electrons. The molecular weight excluding hydrogens is 321 g/mol. The Hall–Kier alpha value is -2.21. The van der Waals surface area contributed by atoms with Crippen LogP contribution in [0.3, 0.4) is 0 Å². The maximum Gasteiger partial charge on any atom is 0.320 e. The number of piperazine rings is 1. The van der Waals surface area contributed by atoms with Crippen LogP contribution >= 0.6 is 0 Å². The molecule has 0 saturated carbocycles. The molecule has 3 rings (SSSR count). The minimum absolute atomic E-state index is 0.179. The second-order valence-electron chi connectivity index (χ2n) is 6.46. The van der Waals surface area contributed by atoms with Crippen molar-refractivity contribution in [3.8, 4) is 0 Å². The number of aromatic nitrogens is 1. The average molecular weight is 345 g/mol. The van der Waals surface area contributed by atoms with E-state index >= 15 is 0 Å². The van der Waals surface area contributed by atoms with E-state index in [4.69, 9.17) is 9.72 Å². The second-order valence-corrected chi connectivity index (χ2v) is 6.46. The van der Waals surface area contributed by atoms with Crippen molar-refractivity contribution in [3.63, 3.8) is 0 Å². The van der Waals surface area contributed by atoms with Crippen LogP contribution in [0, 0.1) is 19.7 Å². The number of carbonyl (C=O) groups is 1. The largest absolute Gasteiger partial charge is 0.465 e. The molecule has 2 aromatic rings. The molecule has 0 bridgehead atoms. The third kappa shape index (κ3) is 3.74. The Balaban J connectivity index is 1.76. The average Bonchev–Trinajstić information content (AvgIpc) is 2.59. The number of hydrogen-bond donors (Lipinski definition) is 0. The summed E-state index contributed by atoms with van der Waals surface area (Å²) in [6.07, 6.45) is 0. The number of nitrogens with zero attached hydrogens (tertiary/aromatic N) is 3. The van der Waals surface area contributed by atoms with Gasteiger partial charge in [0.05, 0.1) is 18.7 Å². The fraction of sp³-hybridized carbons (Fsp3) is 0.474. The zero-order chi connectivity index (χ0) is 18.0. The van der Waals surface area contributed by atoms with Crippen molar-refractivity contribution in [2.45, 2.75) is 20.8 Å². The Morgan fingerprint density at radius 1 is 1.20 bits per heavy atom. The summed E-state index contributed by atoms with van der Waals surface area (Å²) in [7, 11) is 0. The first-order valence-corrected chi connectivity index (χ1v) is 8.69. The number of carbonyl (C=O) groups excluding carboxylic acids is 1. The molecule has 5 nitrogen and oxygen atoms in total. The molecule has 1 aliphatic rings. The number of hydrogen-bond acceptors (Lipinski definition) is 5. The van der Waals surface area contributed by atoms with E-state index in [1.807, 2.05) is 26.8 Å². The lowest BCUT2D eigenvalue weighted by Crippen LogP contribution is -2.48. The van der Waals surface area contributed by atoms with E-state index in [1.54, 1.807) is 6.07 Å². The molecule has 1 aliphatic heterocycles. The van der Waals surface area contributed by atoms with E-state index in [0.29, 0.717) is 18.5 Å². The third-order valence-electron chi connectivity index (χ3n) is 4.63. The highest BCUT2D eigenvalue weighted by molar-refractivity contribution is 5.85. The van der Waals surface area contributed by atoms with Crippen LogP contribution in [0.2, 0.25) is 0 Å². The highest BCUT2D eigenvalue weighted by Gasteiger charge is 2.22. The van der Waals surface area contributed by atoms with Gasteiger partial charge in [0, 0.05) is 31.6 Å². The van der Waals surface area contributed by atoms with Crippen LogP contribution < -0.4 is 4.90 Å². The molecule has 1 aromatic carbocycles. The minimum atomic E-state index is -0.234. The SMILES string of the molecule is CCOC(=O)CN1CCN(c2nc3c(C)ccc(F)c3cc2C)CC1. The van der Waals surface area contributed by atoms with Gasteiger partial charge in [-0.3, -0.25) is 9.69 Å². The second kappa shape index (κ2) is 7.35. The molecule has 6 heteroatoms. The number of rotatable bonds is 4. The molecule has 0 unspecified atom stereocenters. The molecular formula is C19H24FN3O2. The van der Waals surface area contributed by atoms with Crippen LogP contribution in [-0.4, -0.2) is 55.2 Å². The molecule has 0 amide bonds. The zero-order valence-corrected chi connectivity index (χ0v) is 15.0. The van der Waals surface area contributed by atoms with Gasteiger partial charge in [-0.25, -0.2) is 9.37 Å². The number of fused-ring (bicyclic) bond motifs is 1. The topological polar surface area (TPSA) is 45.7 Å². The van der Waals surface area contributed by atoms with Crippen molar-refractivity contribution in [2.24, 2.45) is 0 Å². The van der Waals surface area contributed by atoms with Gasteiger partial charge in [0.25, 0.3) is 0 Å². The number of benzene rings is 1. The third-order valence-corrected chi connectivity index (χ3v) is 4.63. The van der Waals surface area contributed by atoms with E-state index in [0.717, 1.165) is 48.6 Å². The molecule has 0 aliphatic carbocycles. The smallest absolute Gasteiger partial charge is 0.320 e. The minimum Gasteiger partial charge on any atom is -0.465 e. The summed E-state index contributed by atoms with van der Waals surface area (Å²) in [5.74, 6) is 0.487. The molecule has 134 valence electrons. The standard InChI is InChI=1S/C19H24FN3O2/c1-4-25-17(24)12-22-7-9-23(10-8-22)19-14(3)11-15-16(20)6-5-13(2)18(15)21-19/h5-6,11H,4,7-10,12H2,1-3H3. The van der Waals surface area contributed by atoms with Crippen LogP contribution in [0.4, 0.5) is 10.2 Å². The van der Waals surface area contributed by atoms with Crippen molar-refractivity contribution >= 4 is 22.7 Å². The van der Waals surface area contributed by atoms with Crippen molar-refractivity contribution < 1.29 is 13.9 Å². The monoisotopic (exact) mass is 345 g/mol. The first-order chi connectivity index (χ1) is 12.0. The number of esters is 1. The van der Waals surface area contributed by atoms with E-state index in [2.05, 4.69) is 9.80 Å². The normalized spacial score (nSPS) is 15.6. The molecule has 1 aromatic heterocycles. The summed E-state index contributed by atoms with van der Waals surface area (Å²) < 4.78 is 19.1. The van der Waals surface area contributed by atoms with Crippen LogP contribution in [0.5, 0.6) is 0 Å². The molecule has 0 N–H and O–H groups in total. The number of ether oxygens (including phenoxy) is 1. The predicted octanol–water partition coefficient (Wildman–Crippen LogP) is 2.68. The van der Waals surface area contributed by atoms with Crippen LogP contribution in [0.1, 0.15) is 18.1 Å². The van der Waals surface area contributed by atoms with Gasteiger partial charge in [-0.2, -0.15) is 0 Å². The summed E-state index contributed by atoms with van der Waals surface area (Å²) in [5, 5.41) is 0.571. The molecule has 25 heavy (non-hydrogen) atoms. The maximum atomic E-state index is 14.1. The Morgan fingerprint density at radius 3 is 2.60 bits per heavy atom. The molecule has 0 atom stereocenters. The molecule has 2 heterocycles. The molecule has 1 saturated heterocycles. The van der Waals surface area contributed by atoms with Gasteiger partial charge >= 0.3 is 5.97 Å². The summed E-state index contributed by atoms with van der Waals surface area (Å²) in [6.45, 7) is 9.60. The van der Waals surface area contributed by atoms with Crippen LogP contribution in [0.25, 0.3) is 10.9 Å². The van der Waals surface area contributed by atoms with Gasteiger partial charge in [-0.15, -0.1) is 0 Å². The Morgan fingerprint density at radius 2 is 1.92 bits per heavy atom. The van der Waals surface area contributed by atoms with Gasteiger partial charge in [-0.05, 0) is 44.0 Å². The van der Waals surface area contributed by atoms with Crippen molar-refractivity contribution in [3.05, 3.63) is 35.1 Å². The summed E-state index contributed by atoms with van der Waals surface area (Å²) in [6, 6.07) is 5.14. The van der Waals surface area contributed by atoms with E-state index in [9.17, 15) is 9.18 Å². The van der Waals surface area contributed by atoms with Crippen LogP contribution in [-0.2, 0) is 9.53 Å². The number of anilines is 1. The lowest BCUT2D eigenvalue weighted by Gasteiger charge is -2.35. The van der Waals surface area contributed by atoms with Gasteiger partial charge in [-0.1, -0.05) is 6.07 Å². The van der Waals surface area contributed by atoms with E-state index < -0.39 is 0 Å². The van der Waals surface area contributed by atoms with Crippen molar-refractivity contribution in [2.75, 3.05) is 44.2 Å². The lowest BCUT2D eigenvalue weighted by atomic mass is 10.1. The number of aryl methyl sites for hydroxylation is 2. The van der Waals surface area contributed by atoms with E-state index in [-0.39, 0.29) is 11.8 Å². The van der Waals surface area contributed by atoms with Crippen LogP contribution in [0.15, 0.2) is 18.2 Å². The Kier molecular flexibility index (Phi) is 5.18. The predicted molar refractivity (Wildman–Crippen MR) is 96.5 cm³/mol. The fourth-order valence-corrected chi connectivity index (χ4v) is 3.28. The van der Waals surface area contributed by atoms with Gasteiger partial charge in [0.1, 0.15) is 11.6 Å². The van der Waals surface area contributed by atoms with E-state index in [1.165, 1.54) is 6.07 Å². The maximum absolute atomic E-state index is 14.1. The highest BCUT2D eigenvalue weighted by atomic mass is 19.1. The highest BCUT2D eigenvalue weighted by Crippen LogP contribution is 2.27. The van der Waals surface area contributed by atoms with Crippen molar-refractivity contribution in [1.29, 1.82) is 0 Å². The summed E-state index contributed by atoms with van der Waals surface area (Å²) in [5.41, 5.74) is 2.66. The first-order valence-electron chi connectivity index (χ1n) is 8.69. The lowest BCUT2D eigenvalue weighted by molar-refractivity contribution is -0.144. The number of pyridine rings is 1. The summed E-state index contributed by atoms with van der Waals surface area (Å²) in [4.78, 5) is 20.7. The number of halogens is 1.